The number of anilines is 1. The van der Waals surface area contributed by atoms with Crippen molar-refractivity contribution in [3.63, 3.8) is 0 Å². The maximum absolute atomic E-state index is 13.6. The van der Waals surface area contributed by atoms with Crippen LogP contribution in [0.1, 0.15) is 13.8 Å². The first kappa shape index (κ1) is 12.8. The molecule has 6 heteroatoms. The average molecular weight is 255 g/mol. The number of nitrogens with zero attached hydrogens (tertiary/aromatic N) is 2. The number of rotatable bonds is 3. The van der Waals surface area contributed by atoms with Crippen LogP contribution in [0.4, 0.5) is 14.7 Å². The Morgan fingerprint density at radius 1 is 1.39 bits per heavy atom. The zero-order valence-electron chi connectivity index (χ0n) is 10.5. The minimum absolute atomic E-state index is 0.0702. The summed E-state index contributed by atoms with van der Waals surface area (Å²) >= 11 is 0. The van der Waals surface area contributed by atoms with Crippen LogP contribution >= 0.6 is 0 Å². The molecule has 0 aliphatic heterocycles. The molecule has 0 saturated heterocycles. The van der Waals surface area contributed by atoms with Crippen LogP contribution in [-0.4, -0.2) is 22.3 Å². The molecule has 0 aliphatic rings. The molecule has 0 fully saturated rings. The van der Waals surface area contributed by atoms with Crippen molar-refractivity contribution in [2.24, 2.45) is 0 Å². The molecule has 18 heavy (non-hydrogen) atoms. The summed E-state index contributed by atoms with van der Waals surface area (Å²) in [6.45, 7) is 4.07. The quantitative estimate of drug-likeness (QED) is 0.915. The van der Waals surface area contributed by atoms with Gasteiger partial charge in [0.1, 0.15) is 11.3 Å². The number of methoxy groups -OCH3 is 1. The highest BCUT2D eigenvalue weighted by atomic mass is 19.1. The fraction of sp³-hybridized carbons (Fsp3) is 0.417. The maximum atomic E-state index is 13.6. The standard InChI is InChI=1S/C12H15F2N3O/c1-12(2,18-3)6-17-9-5-7(13)4-8(14)10(9)16-11(17)15/h4-5H,6H2,1-3H3,(H2,15,16). The fourth-order valence-electron chi connectivity index (χ4n) is 1.78. The van der Waals surface area contributed by atoms with Crippen LogP contribution in [0.5, 0.6) is 0 Å². The van der Waals surface area contributed by atoms with E-state index in [1.54, 1.807) is 11.7 Å². The molecule has 0 atom stereocenters. The summed E-state index contributed by atoms with van der Waals surface area (Å²) in [5.74, 6) is -1.23. The summed E-state index contributed by atoms with van der Waals surface area (Å²) in [4.78, 5) is 3.92. The Hall–Kier alpha value is -1.69. The Morgan fingerprint density at radius 2 is 2.06 bits per heavy atom. The van der Waals surface area contributed by atoms with Gasteiger partial charge in [-0.15, -0.1) is 0 Å². The molecule has 4 nitrogen and oxygen atoms in total. The lowest BCUT2D eigenvalue weighted by Gasteiger charge is -2.24. The molecule has 2 N–H and O–H groups in total. The van der Waals surface area contributed by atoms with Crippen LogP contribution in [0, 0.1) is 11.6 Å². The molecule has 0 amide bonds. The number of halogens is 2. The summed E-state index contributed by atoms with van der Waals surface area (Å²) in [5, 5.41) is 0. The third-order valence-electron chi connectivity index (χ3n) is 2.89. The second-order valence-corrected chi connectivity index (χ2v) is 4.78. The van der Waals surface area contributed by atoms with Gasteiger partial charge in [-0.3, -0.25) is 0 Å². The van der Waals surface area contributed by atoms with Crippen LogP contribution in [0.2, 0.25) is 0 Å². The molecule has 2 aromatic rings. The van der Waals surface area contributed by atoms with Crippen LogP contribution in [0.25, 0.3) is 11.0 Å². The largest absolute Gasteiger partial charge is 0.377 e. The fourth-order valence-corrected chi connectivity index (χ4v) is 1.78. The number of aromatic nitrogens is 2. The number of imidazole rings is 1. The third kappa shape index (κ3) is 2.15. The van der Waals surface area contributed by atoms with Crippen molar-refractivity contribution < 1.29 is 13.5 Å². The number of hydrogen-bond acceptors (Lipinski definition) is 3. The van der Waals surface area contributed by atoms with E-state index >= 15 is 0 Å². The third-order valence-corrected chi connectivity index (χ3v) is 2.89. The highest BCUT2D eigenvalue weighted by Crippen LogP contribution is 2.24. The Labute approximate surface area is 103 Å². The first-order valence-corrected chi connectivity index (χ1v) is 5.50. The van der Waals surface area contributed by atoms with E-state index in [9.17, 15) is 8.78 Å². The number of ether oxygens (including phenoxy) is 1. The van der Waals surface area contributed by atoms with Gasteiger partial charge in [-0.05, 0) is 13.8 Å². The van der Waals surface area contributed by atoms with Crippen molar-refractivity contribution in [2.75, 3.05) is 12.8 Å². The van der Waals surface area contributed by atoms with Gasteiger partial charge in [-0.25, -0.2) is 13.8 Å². The summed E-state index contributed by atoms with van der Waals surface area (Å²) in [6, 6.07) is 2.01. The molecule has 0 unspecified atom stereocenters. The lowest BCUT2D eigenvalue weighted by molar-refractivity contribution is 0.00946. The summed E-state index contributed by atoms with van der Waals surface area (Å²) in [6.07, 6.45) is 0. The minimum atomic E-state index is -0.717. The first-order chi connectivity index (χ1) is 8.34. The van der Waals surface area contributed by atoms with E-state index in [0.29, 0.717) is 12.1 Å². The first-order valence-electron chi connectivity index (χ1n) is 5.50. The van der Waals surface area contributed by atoms with Crippen molar-refractivity contribution in [2.45, 2.75) is 26.0 Å². The van der Waals surface area contributed by atoms with Crippen LogP contribution in [0.15, 0.2) is 12.1 Å². The summed E-state index contributed by atoms with van der Waals surface area (Å²) < 4.78 is 33.6. The van der Waals surface area contributed by atoms with Crippen LogP contribution in [0.3, 0.4) is 0 Å². The zero-order valence-corrected chi connectivity index (χ0v) is 10.5. The summed E-state index contributed by atoms with van der Waals surface area (Å²) in [5.41, 5.74) is 5.63. The molecular weight excluding hydrogens is 240 g/mol. The topological polar surface area (TPSA) is 53.1 Å². The van der Waals surface area contributed by atoms with Gasteiger partial charge in [0.25, 0.3) is 0 Å². The van der Waals surface area contributed by atoms with E-state index in [1.807, 2.05) is 13.8 Å². The van der Waals surface area contributed by atoms with Gasteiger partial charge in [0.2, 0.25) is 5.95 Å². The Balaban J connectivity index is 2.60. The number of benzene rings is 1. The molecule has 1 heterocycles. The lowest BCUT2D eigenvalue weighted by Crippen LogP contribution is -2.29. The molecular formula is C12H15F2N3O. The van der Waals surface area contributed by atoms with Gasteiger partial charge in [-0.2, -0.15) is 0 Å². The SMILES string of the molecule is COC(C)(C)Cn1c(N)nc2c(F)cc(F)cc21. The minimum Gasteiger partial charge on any atom is -0.377 e. The average Bonchev–Trinajstić information content (AvgIpc) is 2.57. The Kier molecular flexibility index (Phi) is 2.98. The van der Waals surface area contributed by atoms with E-state index in [2.05, 4.69) is 4.98 Å². The van der Waals surface area contributed by atoms with E-state index < -0.39 is 17.2 Å². The van der Waals surface area contributed by atoms with Gasteiger partial charge in [0.05, 0.1) is 17.7 Å². The highest BCUT2D eigenvalue weighted by Gasteiger charge is 2.22. The van der Waals surface area contributed by atoms with Gasteiger partial charge in [0.15, 0.2) is 5.82 Å². The van der Waals surface area contributed by atoms with E-state index in [1.165, 1.54) is 6.07 Å². The van der Waals surface area contributed by atoms with Crippen molar-refractivity contribution in [3.05, 3.63) is 23.8 Å². The molecule has 2 rings (SSSR count). The van der Waals surface area contributed by atoms with Gasteiger partial charge >= 0.3 is 0 Å². The molecule has 0 spiro atoms. The predicted molar refractivity (Wildman–Crippen MR) is 65.1 cm³/mol. The second-order valence-electron chi connectivity index (χ2n) is 4.78. The number of fused-ring (bicyclic) bond motifs is 1. The molecule has 98 valence electrons. The smallest absolute Gasteiger partial charge is 0.201 e. The van der Waals surface area contributed by atoms with Gasteiger partial charge in [-0.1, -0.05) is 0 Å². The van der Waals surface area contributed by atoms with E-state index in [-0.39, 0.29) is 11.5 Å². The molecule has 0 saturated carbocycles. The number of nitrogens with two attached hydrogens (primary N) is 1. The van der Waals surface area contributed by atoms with Gasteiger partial charge < -0.3 is 15.0 Å². The number of hydrogen-bond donors (Lipinski definition) is 1. The lowest BCUT2D eigenvalue weighted by atomic mass is 10.1. The maximum Gasteiger partial charge on any atom is 0.201 e. The van der Waals surface area contributed by atoms with Crippen molar-refractivity contribution in [3.8, 4) is 0 Å². The monoisotopic (exact) mass is 255 g/mol. The molecule has 1 aromatic heterocycles. The molecule has 1 aromatic carbocycles. The predicted octanol–water partition coefficient (Wildman–Crippen LogP) is 2.32. The van der Waals surface area contributed by atoms with Crippen molar-refractivity contribution >= 4 is 17.0 Å². The Morgan fingerprint density at radius 3 is 2.67 bits per heavy atom. The normalized spacial score (nSPS) is 12.3. The zero-order chi connectivity index (χ0) is 13.5. The van der Waals surface area contributed by atoms with Crippen molar-refractivity contribution in [1.82, 2.24) is 9.55 Å². The van der Waals surface area contributed by atoms with Crippen molar-refractivity contribution in [1.29, 1.82) is 0 Å². The highest BCUT2D eigenvalue weighted by molar-refractivity contribution is 5.79. The second kappa shape index (κ2) is 4.20. The van der Waals surface area contributed by atoms with Crippen LogP contribution < -0.4 is 5.73 Å². The van der Waals surface area contributed by atoms with E-state index in [4.69, 9.17) is 10.5 Å². The molecule has 0 radical (unpaired) electrons. The van der Waals surface area contributed by atoms with Gasteiger partial charge in [0, 0.05) is 19.2 Å². The van der Waals surface area contributed by atoms with Crippen LogP contribution in [-0.2, 0) is 11.3 Å². The molecule has 0 bridgehead atoms. The Bertz CT molecular complexity index is 593. The van der Waals surface area contributed by atoms with E-state index in [0.717, 1.165) is 6.07 Å². The number of nitrogen functional groups attached to an aromatic ring is 1. The summed E-state index contributed by atoms with van der Waals surface area (Å²) in [7, 11) is 1.57. The molecule has 0 aliphatic carbocycles.